The molecule has 1 saturated carbocycles. The van der Waals surface area contributed by atoms with Crippen molar-refractivity contribution in [3.63, 3.8) is 0 Å². The van der Waals surface area contributed by atoms with Crippen molar-refractivity contribution in [1.29, 1.82) is 0 Å². The lowest BCUT2D eigenvalue weighted by Crippen LogP contribution is -2.06. The second-order valence-electron chi connectivity index (χ2n) is 4.15. The van der Waals surface area contributed by atoms with Gasteiger partial charge in [-0.2, -0.15) is 11.8 Å². The van der Waals surface area contributed by atoms with Gasteiger partial charge in [-0.25, -0.2) is 0 Å². The predicted molar refractivity (Wildman–Crippen MR) is 73.2 cm³/mol. The highest BCUT2D eigenvalue weighted by Gasteiger charge is 2.17. The molecule has 0 N–H and O–H groups in total. The number of Topliss-reactive ketones (excluding diaryl/α,β-unsaturated/α-hetero) is 1. The Balaban J connectivity index is 1.85. The molecule has 0 saturated heterocycles. The molecule has 0 aliphatic heterocycles. The van der Waals surface area contributed by atoms with Crippen LogP contribution >= 0.6 is 27.7 Å². The summed E-state index contributed by atoms with van der Waals surface area (Å²) in [6, 6.07) is 7.63. The molecule has 2 rings (SSSR count). The van der Waals surface area contributed by atoms with Crippen LogP contribution in [-0.2, 0) is 0 Å². The van der Waals surface area contributed by atoms with Crippen LogP contribution < -0.4 is 0 Å². The molecule has 1 aliphatic rings. The molecule has 0 atom stereocenters. The van der Waals surface area contributed by atoms with E-state index in [1.54, 1.807) is 0 Å². The molecule has 0 heterocycles. The summed E-state index contributed by atoms with van der Waals surface area (Å²) in [7, 11) is 0. The van der Waals surface area contributed by atoms with Gasteiger partial charge in [0, 0.05) is 15.3 Å². The highest BCUT2D eigenvalue weighted by Crippen LogP contribution is 2.29. The van der Waals surface area contributed by atoms with Gasteiger partial charge in [-0.3, -0.25) is 4.79 Å². The number of carbonyl (C=O) groups excluding carboxylic acids is 1. The number of benzene rings is 1. The number of halogens is 1. The van der Waals surface area contributed by atoms with Gasteiger partial charge >= 0.3 is 0 Å². The smallest absolute Gasteiger partial charge is 0.172 e. The summed E-state index contributed by atoms with van der Waals surface area (Å²) in [4.78, 5) is 11.9. The average Bonchev–Trinajstić information content (AvgIpc) is 2.80. The summed E-state index contributed by atoms with van der Waals surface area (Å²) < 4.78 is 1.02. The van der Waals surface area contributed by atoms with E-state index in [0.29, 0.717) is 5.75 Å². The average molecular weight is 299 g/mol. The van der Waals surface area contributed by atoms with Gasteiger partial charge in [0.1, 0.15) is 0 Å². The van der Waals surface area contributed by atoms with Gasteiger partial charge < -0.3 is 0 Å². The van der Waals surface area contributed by atoms with E-state index < -0.39 is 0 Å². The van der Waals surface area contributed by atoms with Crippen LogP contribution in [0.4, 0.5) is 0 Å². The first-order chi connectivity index (χ1) is 7.75. The van der Waals surface area contributed by atoms with Crippen LogP contribution in [0, 0.1) is 0 Å². The fourth-order valence-corrected chi connectivity index (χ4v) is 3.45. The molecule has 0 amide bonds. The molecular formula is C13H15BrOS. The van der Waals surface area contributed by atoms with Crippen molar-refractivity contribution >= 4 is 33.5 Å². The number of ketones is 1. The van der Waals surface area contributed by atoms with Crippen LogP contribution in [-0.4, -0.2) is 16.8 Å². The molecule has 1 aliphatic carbocycles. The maximum atomic E-state index is 11.9. The number of thioether (sulfide) groups is 1. The summed E-state index contributed by atoms with van der Waals surface area (Å²) in [6.07, 6.45) is 5.25. The summed E-state index contributed by atoms with van der Waals surface area (Å²) in [5.41, 5.74) is 0.827. The maximum Gasteiger partial charge on any atom is 0.172 e. The van der Waals surface area contributed by atoms with E-state index in [0.717, 1.165) is 15.3 Å². The second-order valence-corrected chi connectivity index (χ2v) is 6.35. The fraction of sp³-hybridized carbons (Fsp3) is 0.462. The first-order valence-electron chi connectivity index (χ1n) is 5.66. The van der Waals surface area contributed by atoms with E-state index in [9.17, 15) is 4.79 Å². The predicted octanol–water partition coefficient (Wildman–Crippen LogP) is 4.31. The zero-order valence-corrected chi connectivity index (χ0v) is 11.5. The van der Waals surface area contributed by atoms with Crippen LogP contribution in [0.2, 0.25) is 0 Å². The minimum atomic E-state index is 0.254. The Morgan fingerprint density at radius 2 is 1.88 bits per heavy atom. The van der Waals surface area contributed by atoms with Crippen molar-refractivity contribution in [2.75, 3.05) is 5.75 Å². The zero-order valence-electron chi connectivity index (χ0n) is 9.12. The highest BCUT2D eigenvalue weighted by molar-refractivity contribution is 9.10. The topological polar surface area (TPSA) is 17.1 Å². The van der Waals surface area contributed by atoms with Gasteiger partial charge in [-0.15, -0.1) is 0 Å². The van der Waals surface area contributed by atoms with E-state index in [1.807, 2.05) is 36.0 Å². The number of hydrogen-bond acceptors (Lipinski definition) is 2. The minimum absolute atomic E-state index is 0.254. The second kappa shape index (κ2) is 5.87. The Morgan fingerprint density at radius 1 is 1.25 bits per heavy atom. The van der Waals surface area contributed by atoms with Gasteiger partial charge in [0.15, 0.2) is 5.78 Å². The Kier molecular flexibility index (Phi) is 4.47. The van der Waals surface area contributed by atoms with Gasteiger partial charge in [-0.1, -0.05) is 40.9 Å². The molecule has 0 aromatic heterocycles. The lowest BCUT2D eigenvalue weighted by Gasteiger charge is -2.07. The third kappa shape index (κ3) is 3.36. The van der Waals surface area contributed by atoms with Gasteiger partial charge in [0.2, 0.25) is 0 Å². The Hall–Kier alpha value is -0.280. The van der Waals surface area contributed by atoms with Crippen LogP contribution in [0.25, 0.3) is 0 Å². The summed E-state index contributed by atoms with van der Waals surface area (Å²) in [6.45, 7) is 0. The molecule has 0 spiro atoms. The van der Waals surface area contributed by atoms with Crippen LogP contribution in [0.15, 0.2) is 28.7 Å². The molecule has 16 heavy (non-hydrogen) atoms. The van der Waals surface area contributed by atoms with Crippen LogP contribution in [0.5, 0.6) is 0 Å². The largest absolute Gasteiger partial charge is 0.293 e. The molecule has 3 heteroatoms. The molecule has 1 nitrogen and oxygen atoms in total. The monoisotopic (exact) mass is 298 g/mol. The summed E-state index contributed by atoms with van der Waals surface area (Å²) in [5.74, 6) is 0.885. The van der Waals surface area contributed by atoms with Gasteiger partial charge in [0.25, 0.3) is 0 Å². The normalized spacial score (nSPS) is 16.6. The maximum absolute atomic E-state index is 11.9. The standard InChI is InChI=1S/C13H15BrOS/c14-11-7-5-10(6-8-11)13(15)9-16-12-3-1-2-4-12/h5-8,12H,1-4,9H2. The molecular weight excluding hydrogens is 284 g/mol. The zero-order chi connectivity index (χ0) is 11.4. The van der Waals surface area contributed by atoms with Crippen molar-refractivity contribution in [3.8, 4) is 0 Å². The third-order valence-corrected chi connectivity index (χ3v) is 4.82. The minimum Gasteiger partial charge on any atom is -0.293 e. The van der Waals surface area contributed by atoms with E-state index in [-0.39, 0.29) is 5.78 Å². The van der Waals surface area contributed by atoms with Crippen molar-refractivity contribution in [2.24, 2.45) is 0 Å². The fourth-order valence-electron chi connectivity index (χ4n) is 1.97. The van der Waals surface area contributed by atoms with Gasteiger partial charge in [0.05, 0.1) is 5.75 Å². The van der Waals surface area contributed by atoms with Crippen molar-refractivity contribution < 1.29 is 4.79 Å². The SMILES string of the molecule is O=C(CSC1CCCC1)c1ccc(Br)cc1. The van der Waals surface area contributed by atoms with E-state index in [4.69, 9.17) is 0 Å². The Bertz CT molecular complexity index is 355. The number of hydrogen-bond donors (Lipinski definition) is 0. The molecule has 1 aromatic rings. The van der Waals surface area contributed by atoms with Gasteiger partial charge in [-0.05, 0) is 25.0 Å². The van der Waals surface area contributed by atoms with Crippen LogP contribution in [0.1, 0.15) is 36.0 Å². The Labute approximate surface area is 109 Å². The first kappa shape index (κ1) is 12.2. The lowest BCUT2D eigenvalue weighted by atomic mass is 10.2. The quantitative estimate of drug-likeness (QED) is 0.771. The molecule has 0 radical (unpaired) electrons. The summed E-state index contributed by atoms with van der Waals surface area (Å²) in [5, 5.41) is 0.722. The molecule has 0 bridgehead atoms. The van der Waals surface area contributed by atoms with E-state index >= 15 is 0 Å². The molecule has 1 aromatic carbocycles. The lowest BCUT2D eigenvalue weighted by molar-refractivity contribution is 0.102. The molecule has 86 valence electrons. The van der Waals surface area contributed by atoms with Crippen molar-refractivity contribution in [3.05, 3.63) is 34.3 Å². The molecule has 1 fully saturated rings. The summed E-state index contributed by atoms with van der Waals surface area (Å²) >= 11 is 5.20. The van der Waals surface area contributed by atoms with Crippen molar-refractivity contribution in [2.45, 2.75) is 30.9 Å². The molecule has 0 unspecified atom stereocenters. The van der Waals surface area contributed by atoms with E-state index in [2.05, 4.69) is 15.9 Å². The van der Waals surface area contributed by atoms with Crippen molar-refractivity contribution in [1.82, 2.24) is 0 Å². The van der Waals surface area contributed by atoms with E-state index in [1.165, 1.54) is 25.7 Å². The third-order valence-electron chi connectivity index (χ3n) is 2.92. The number of carbonyl (C=O) groups is 1. The highest BCUT2D eigenvalue weighted by atomic mass is 79.9. The number of rotatable bonds is 4. The van der Waals surface area contributed by atoms with Crippen LogP contribution in [0.3, 0.4) is 0 Å². The first-order valence-corrected chi connectivity index (χ1v) is 7.50. The Morgan fingerprint density at radius 3 is 2.50 bits per heavy atom.